The third kappa shape index (κ3) is 3.37. The number of amides is 1. The number of nitrogens with one attached hydrogen (secondary N) is 1. The molecule has 0 spiro atoms. The number of nitrogens with two attached hydrogens (primary N) is 1. The first kappa shape index (κ1) is 18.9. The SMILES string of the molecule is Cl.NCC1(c2ccccc2)CC(NC(=O)c2cccc3c2CCOC3)C1. The van der Waals surface area contributed by atoms with Crippen LogP contribution in [0.3, 0.4) is 0 Å². The third-order valence-electron chi connectivity index (χ3n) is 5.66. The molecule has 0 saturated heterocycles. The Morgan fingerprint density at radius 3 is 2.65 bits per heavy atom. The quantitative estimate of drug-likeness (QED) is 0.867. The molecular weight excluding hydrogens is 348 g/mol. The van der Waals surface area contributed by atoms with E-state index in [2.05, 4.69) is 29.6 Å². The maximum Gasteiger partial charge on any atom is 0.251 e. The van der Waals surface area contributed by atoms with E-state index in [1.54, 1.807) is 0 Å². The fourth-order valence-corrected chi connectivity index (χ4v) is 4.19. The van der Waals surface area contributed by atoms with Crippen molar-refractivity contribution in [3.63, 3.8) is 0 Å². The van der Waals surface area contributed by atoms with Gasteiger partial charge < -0.3 is 15.8 Å². The number of ether oxygens (including phenoxy) is 1. The highest BCUT2D eigenvalue weighted by Crippen LogP contribution is 2.43. The molecule has 0 aromatic heterocycles. The second-order valence-corrected chi connectivity index (χ2v) is 7.17. The predicted molar refractivity (Wildman–Crippen MR) is 105 cm³/mol. The van der Waals surface area contributed by atoms with Crippen molar-refractivity contribution >= 4 is 18.3 Å². The van der Waals surface area contributed by atoms with E-state index in [1.165, 1.54) is 5.56 Å². The van der Waals surface area contributed by atoms with Gasteiger partial charge in [0.15, 0.2) is 0 Å². The molecule has 3 N–H and O–H groups in total. The molecule has 26 heavy (non-hydrogen) atoms. The van der Waals surface area contributed by atoms with Gasteiger partial charge in [-0.2, -0.15) is 0 Å². The van der Waals surface area contributed by atoms with Crippen LogP contribution in [0.15, 0.2) is 48.5 Å². The Morgan fingerprint density at radius 1 is 1.15 bits per heavy atom. The van der Waals surface area contributed by atoms with Crippen molar-refractivity contribution < 1.29 is 9.53 Å². The van der Waals surface area contributed by atoms with E-state index in [-0.39, 0.29) is 29.8 Å². The molecule has 1 fully saturated rings. The highest BCUT2D eigenvalue weighted by Gasteiger charge is 2.45. The van der Waals surface area contributed by atoms with E-state index >= 15 is 0 Å². The highest BCUT2D eigenvalue weighted by molar-refractivity contribution is 5.96. The number of rotatable bonds is 4. The van der Waals surface area contributed by atoms with Crippen molar-refractivity contribution in [1.82, 2.24) is 5.32 Å². The maximum absolute atomic E-state index is 12.8. The molecule has 5 heteroatoms. The monoisotopic (exact) mass is 372 g/mol. The van der Waals surface area contributed by atoms with Crippen LogP contribution in [0.2, 0.25) is 0 Å². The molecule has 4 rings (SSSR count). The number of hydrogen-bond donors (Lipinski definition) is 2. The van der Waals surface area contributed by atoms with Crippen LogP contribution in [0.5, 0.6) is 0 Å². The second kappa shape index (κ2) is 7.78. The molecule has 0 unspecified atom stereocenters. The average molecular weight is 373 g/mol. The first-order valence-electron chi connectivity index (χ1n) is 8.97. The Morgan fingerprint density at radius 2 is 1.92 bits per heavy atom. The zero-order chi connectivity index (χ0) is 17.3. The molecule has 138 valence electrons. The number of fused-ring (bicyclic) bond motifs is 1. The summed E-state index contributed by atoms with van der Waals surface area (Å²) in [6, 6.07) is 16.5. The van der Waals surface area contributed by atoms with Gasteiger partial charge in [0.05, 0.1) is 13.2 Å². The van der Waals surface area contributed by atoms with E-state index in [4.69, 9.17) is 10.5 Å². The van der Waals surface area contributed by atoms with E-state index in [1.807, 2.05) is 24.3 Å². The highest BCUT2D eigenvalue weighted by atomic mass is 35.5. The van der Waals surface area contributed by atoms with Crippen molar-refractivity contribution in [3.8, 4) is 0 Å². The Kier molecular flexibility index (Phi) is 5.66. The van der Waals surface area contributed by atoms with Gasteiger partial charge >= 0.3 is 0 Å². The summed E-state index contributed by atoms with van der Waals surface area (Å²) in [6.07, 6.45) is 2.61. The van der Waals surface area contributed by atoms with Gasteiger partial charge in [-0.15, -0.1) is 12.4 Å². The summed E-state index contributed by atoms with van der Waals surface area (Å²) in [5.41, 5.74) is 10.4. The van der Waals surface area contributed by atoms with Crippen LogP contribution in [-0.2, 0) is 23.2 Å². The molecule has 1 aliphatic heterocycles. The van der Waals surface area contributed by atoms with Crippen molar-refractivity contribution in [3.05, 3.63) is 70.8 Å². The van der Waals surface area contributed by atoms with Crippen molar-refractivity contribution in [1.29, 1.82) is 0 Å². The molecule has 0 atom stereocenters. The van der Waals surface area contributed by atoms with Gasteiger partial charge in [-0.25, -0.2) is 0 Å². The lowest BCUT2D eigenvalue weighted by Crippen LogP contribution is -2.56. The third-order valence-corrected chi connectivity index (χ3v) is 5.66. The summed E-state index contributed by atoms with van der Waals surface area (Å²) >= 11 is 0. The van der Waals surface area contributed by atoms with Gasteiger partial charge in [0, 0.05) is 23.6 Å². The molecule has 2 aromatic carbocycles. The van der Waals surface area contributed by atoms with Gasteiger partial charge in [0.25, 0.3) is 5.91 Å². The minimum Gasteiger partial charge on any atom is -0.376 e. The number of halogens is 1. The molecule has 1 heterocycles. The van der Waals surface area contributed by atoms with Crippen LogP contribution < -0.4 is 11.1 Å². The first-order valence-corrected chi connectivity index (χ1v) is 8.97. The van der Waals surface area contributed by atoms with Crippen molar-refractivity contribution in [2.45, 2.75) is 37.3 Å². The van der Waals surface area contributed by atoms with Gasteiger partial charge in [-0.05, 0) is 42.0 Å². The number of carbonyl (C=O) groups excluding carboxylic acids is 1. The standard InChI is InChI=1S/C21H24N2O2.ClH/c22-14-21(16-6-2-1-3-7-16)11-17(12-21)23-20(24)19-8-4-5-15-13-25-10-9-18(15)19;/h1-8,17H,9-14,22H2,(H,23,24);1H. The average Bonchev–Trinajstić information content (AvgIpc) is 2.64. The van der Waals surface area contributed by atoms with Crippen LogP contribution in [0.1, 0.15) is 39.9 Å². The Hall–Kier alpha value is -1.88. The first-order chi connectivity index (χ1) is 12.2. The number of hydrogen-bond acceptors (Lipinski definition) is 3. The van der Waals surface area contributed by atoms with Crippen molar-refractivity contribution in [2.24, 2.45) is 5.73 Å². The van der Waals surface area contributed by atoms with E-state index in [0.29, 0.717) is 19.8 Å². The molecular formula is C21H25ClN2O2. The van der Waals surface area contributed by atoms with Crippen LogP contribution >= 0.6 is 12.4 Å². The van der Waals surface area contributed by atoms with Crippen LogP contribution in [0.4, 0.5) is 0 Å². The smallest absolute Gasteiger partial charge is 0.251 e. The molecule has 1 saturated carbocycles. The summed E-state index contributed by atoms with van der Waals surface area (Å²) in [7, 11) is 0. The lowest BCUT2D eigenvalue weighted by atomic mass is 9.61. The molecule has 1 aliphatic carbocycles. The Labute approximate surface area is 160 Å². The zero-order valence-corrected chi connectivity index (χ0v) is 15.6. The number of benzene rings is 2. The lowest BCUT2D eigenvalue weighted by Gasteiger charge is -2.48. The lowest BCUT2D eigenvalue weighted by molar-refractivity contribution is 0.0858. The summed E-state index contributed by atoms with van der Waals surface area (Å²) in [5.74, 6) is 0.0300. The minimum absolute atomic E-state index is 0. The fraction of sp³-hybridized carbons (Fsp3) is 0.381. The van der Waals surface area contributed by atoms with Gasteiger partial charge in [0.1, 0.15) is 0 Å². The van der Waals surface area contributed by atoms with Gasteiger partial charge in [-0.1, -0.05) is 42.5 Å². The summed E-state index contributed by atoms with van der Waals surface area (Å²) < 4.78 is 5.49. The Bertz CT molecular complexity index is 773. The summed E-state index contributed by atoms with van der Waals surface area (Å²) in [4.78, 5) is 12.8. The van der Waals surface area contributed by atoms with Crippen LogP contribution in [0.25, 0.3) is 0 Å². The Balaban J connectivity index is 0.00000196. The number of carbonyl (C=O) groups is 1. The maximum atomic E-state index is 12.8. The molecule has 1 amide bonds. The van der Waals surface area contributed by atoms with Crippen LogP contribution in [-0.4, -0.2) is 25.1 Å². The molecule has 0 radical (unpaired) electrons. The molecule has 4 nitrogen and oxygen atoms in total. The molecule has 2 aromatic rings. The molecule has 2 aliphatic rings. The fourth-order valence-electron chi connectivity index (χ4n) is 4.19. The molecule has 0 bridgehead atoms. The van der Waals surface area contributed by atoms with E-state index < -0.39 is 0 Å². The van der Waals surface area contributed by atoms with E-state index in [9.17, 15) is 4.79 Å². The second-order valence-electron chi connectivity index (χ2n) is 7.17. The van der Waals surface area contributed by atoms with Gasteiger partial charge in [0.2, 0.25) is 0 Å². The van der Waals surface area contributed by atoms with Crippen LogP contribution in [0, 0.1) is 0 Å². The predicted octanol–water partition coefficient (Wildman–Crippen LogP) is 2.97. The summed E-state index contributed by atoms with van der Waals surface area (Å²) in [5, 5.41) is 3.21. The van der Waals surface area contributed by atoms with Gasteiger partial charge in [-0.3, -0.25) is 4.79 Å². The van der Waals surface area contributed by atoms with E-state index in [0.717, 1.165) is 36.0 Å². The normalized spacial score (nSPS) is 24.0. The topological polar surface area (TPSA) is 64.3 Å². The minimum atomic E-state index is 0. The summed E-state index contributed by atoms with van der Waals surface area (Å²) in [6.45, 7) is 1.90. The largest absolute Gasteiger partial charge is 0.376 e. The van der Waals surface area contributed by atoms with Crippen molar-refractivity contribution in [2.75, 3.05) is 13.2 Å². The zero-order valence-electron chi connectivity index (χ0n) is 14.7.